The number of benzene rings is 1. The minimum atomic E-state index is -1.01. The Balaban J connectivity index is 1.91. The van der Waals surface area contributed by atoms with Crippen molar-refractivity contribution in [3.05, 3.63) is 29.6 Å². The standard InChI is InChI=1S/C24H40FNO2/c1-2-3-4-5-6-7-8-9-10-11-12-13-14-15-18-26-22-17-16-21(19-24(27)28)23(25)20-22/h16-17,20,26H,2-15,18-19H2,1H3,(H,27,28). The summed E-state index contributed by atoms with van der Waals surface area (Å²) in [5.74, 6) is -1.46. The smallest absolute Gasteiger partial charge is 0.307 e. The number of halogens is 1. The molecule has 160 valence electrons. The van der Waals surface area contributed by atoms with Crippen LogP contribution < -0.4 is 5.32 Å². The molecule has 28 heavy (non-hydrogen) atoms. The molecular weight excluding hydrogens is 353 g/mol. The van der Waals surface area contributed by atoms with E-state index in [4.69, 9.17) is 5.11 Å². The number of carbonyl (C=O) groups is 1. The first-order valence-corrected chi connectivity index (χ1v) is 11.4. The molecule has 0 unspecified atom stereocenters. The van der Waals surface area contributed by atoms with E-state index in [2.05, 4.69) is 12.2 Å². The molecule has 0 heterocycles. The summed E-state index contributed by atoms with van der Waals surface area (Å²) >= 11 is 0. The van der Waals surface area contributed by atoms with Crippen molar-refractivity contribution >= 4 is 11.7 Å². The van der Waals surface area contributed by atoms with Crippen molar-refractivity contribution in [1.29, 1.82) is 0 Å². The zero-order valence-electron chi connectivity index (χ0n) is 17.8. The number of carboxylic acids is 1. The van der Waals surface area contributed by atoms with Gasteiger partial charge in [0.15, 0.2) is 0 Å². The minimum Gasteiger partial charge on any atom is -0.481 e. The monoisotopic (exact) mass is 393 g/mol. The normalized spacial score (nSPS) is 10.9. The molecule has 0 saturated heterocycles. The van der Waals surface area contributed by atoms with E-state index in [1.807, 2.05) is 0 Å². The first-order valence-electron chi connectivity index (χ1n) is 11.4. The van der Waals surface area contributed by atoms with E-state index in [0.29, 0.717) is 0 Å². The Morgan fingerprint density at radius 1 is 0.857 bits per heavy atom. The maximum absolute atomic E-state index is 13.8. The van der Waals surface area contributed by atoms with Gasteiger partial charge >= 0.3 is 5.97 Å². The summed E-state index contributed by atoms with van der Waals surface area (Å²) in [6.07, 6.45) is 18.5. The molecule has 4 heteroatoms. The first kappa shape index (κ1) is 24.5. The highest BCUT2D eigenvalue weighted by Crippen LogP contribution is 2.16. The molecule has 0 radical (unpaired) electrons. The SMILES string of the molecule is CCCCCCCCCCCCCCCCNc1ccc(CC(=O)O)c(F)c1. The molecule has 1 rings (SSSR count). The van der Waals surface area contributed by atoms with Crippen molar-refractivity contribution in [2.45, 2.75) is 103 Å². The number of hydrogen-bond acceptors (Lipinski definition) is 2. The third-order valence-corrected chi connectivity index (χ3v) is 5.25. The van der Waals surface area contributed by atoms with Gasteiger partial charge in [0, 0.05) is 12.2 Å². The zero-order valence-corrected chi connectivity index (χ0v) is 17.8. The van der Waals surface area contributed by atoms with Gasteiger partial charge < -0.3 is 10.4 Å². The molecule has 0 fully saturated rings. The van der Waals surface area contributed by atoms with Crippen LogP contribution in [0.3, 0.4) is 0 Å². The lowest BCUT2D eigenvalue weighted by Gasteiger charge is -2.08. The summed E-state index contributed by atoms with van der Waals surface area (Å²) in [4.78, 5) is 10.7. The molecule has 3 nitrogen and oxygen atoms in total. The van der Waals surface area contributed by atoms with Gasteiger partial charge in [-0.05, 0) is 24.1 Å². The lowest BCUT2D eigenvalue weighted by molar-refractivity contribution is -0.136. The van der Waals surface area contributed by atoms with Crippen LogP contribution in [0.4, 0.5) is 10.1 Å². The highest BCUT2D eigenvalue weighted by molar-refractivity contribution is 5.70. The van der Waals surface area contributed by atoms with Crippen LogP contribution in [-0.2, 0) is 11.2 Å². The van der Waals surface area contributed by atoms with Crippen LogP contribution in [0, 0.1) is 5.82 Å². The molecule has 0 amide bonds. The molecule has 1 aromatic rings. The van der Waals surface area contributed by atoms with Gasteiger partial charge in [0.2, 0.25) is 0 Å². The van der Waals surface area contributed by atoms with Crippen LogP contribution in [0.5, 0.6) is 0 Å². The molecule has 0 aliphatic rings. The van der Waals surface area contributed by atoms with Crippen LogP contribution >= 0.6 is 0 Å². The van der Waals surface area contributed by atoms with E-state index in [1.54, 1.807) is 12.1 Å². The van der Waals surface area contributed by atoms with E-state index >= 15 is 0 Å². The van der Waals surface area contributed by atoms with Crippen molar-refractivity contribution < 1.29 is 14.3 Å². The largest absolute Gasteiger partial charge is 0.481 e. The van der Waals surface area contributed by atoms with E-state index < -0.39 is 11.8 Å². The van der Waals surface area contributed by atoms with Gasteiger partial charge in [0.25, 0.3) is 0 Å². The summed E-state index contributed by atoms with van der Waals surface area (Å²) in [6.45, 7) is 3.09. The zero-order chi connectivity index (χ0) is 20.5. The number of nitrogens with one attached hydrogen (secondary N) is 1. The third kappa shape index (κ3) is 12.7. The fourth-order valence-electron chi connectivity index (χ4n) is 3.52. The Morgan fingerprint density at radius 2 is 1.36 bits per heavy atom. The number of carboxylic acid groups (broad SMARTS) is 1. The summed E-state index contributed by atoms with van der Waals surface area (Å²) < 4.78 is 13.8. The fourth-order valence-corrected chi connectivity index (χ4v) is 3.52. The van der Waals surface area contributed by atoms with Crippen LogP contribution in [0.15, 0.2) is 18.2 Å². The predicted octanol–water partition coefficient (Wildman–Crippen LogP) is 7.35. The summed E-state index contributed by atoms with van der Waals surface area (Å²) in [7, 11) is 0. The molecule has 1 aromatic carbocycles. The summed E-state index contributed by atoms with van der Waals surface area (Å²) in [6, 6.07) is 4.70. The van der Waals surface area contributed by atoms with Gasteiger partial charge in [-0.25, -0.2) is 4.39 Å². The maximum Gasteiger partial charge on any atom is 0.307 e. The van der Waals surface area contributed by atoms with Gasteiger partial charge in [0.1, 0.15) is 5.82 Å². The Kier molecular flexibility index (Phi) is 14.3. The molecular formula is C24H40FNO2. The summed E-state index contributed by atoms with van der Waals surface area (Å²) in [5.41, 5.74) is 0.955. The van der Waals surface area contributed by atoms with Gasteiger partial charge in [0.05, 0.1) is 6.42 Å². The Labute approximate surface area is 171 Å². The molecule has 0 aliphatic carbocycles. The number of rotatable bonds is 18. The highest BCUT2D eigenvalue weighted by atomic mass is 19.1. The van der Waals surface area contributed by atoms with E-state index in [9.17, 15) is 9.18 Å². The lowest BCUT2D eigenvalue weighted by Crippen LogP contribution is -2.05. The molecule has 0 saturated carbocycles. The quantitative estimate of drug-likeness (QED) is 0.256. The molecule has 0 aromatic heterocycles. The van der Waals surface area contributed by atoms with Crippen molar-refractivity contribution in [3.63, 3.8) is 0 Å². The first-order chi connectivity index (χ1) is 13.6. The topological polar surface area (TPSA) is 49.3 Å². The lowest BCUT2D eigenvalue weighted by atomic mass is 10.0. The number of hydrogen-bond donors (Lipinski definition) is 2. The van der Waals surface area contributed by atoms with Gasteiger partial charge in [-0.15, -0.1) is 0 Å². The van der Waals surface area contributed by atoms with E-state index in [0.717, 1.165) is 18.7 Å². The van der Waals surface area contributed by atoms with Crippen molar-refractivity contribution in [3.8, 4) is 0 Å². The Morgan fingerprint density at radius 3 is 1.82 bits per heavy atom. The molecule has 0 spiro atoms. The van der Waals surface area contributed by atoms with Crippen LogP contribution in [0.1, 0.15) is 102 Å². The molecule has 0 aliphatic heterocycles. The van der Waals surface area contributed by atoms with Gasteiger partial charge in [-0.1, -0.05) is 96.5 Å². The molecule has 2 N–H and O–H groups in total. The minimum absolute atomic E-state index is 0.231. The number of anilines is 1. The van der Waals surface area contributed by atoms with Crippen LogP contribution in [0.2, 0.25) is 0 Å². The second-order valence-corrected chi connectivity index (χ2v) is 7.90. The van der Waals surface area contributed by atoms with Crippen molar-refractivity contribution in [1.82, 2.24) is 0 Å². The highest BCUT2D eigenvalue weighted by Gasteiger charge is 2.07. The number of aliphatic carboxylic acids is 1. The van der Waals surface area contributed by atoms with Crippen LogP contribution in [0.25, 0.3) is 0 Å². The Bertz CT molecular complexity index is 533. The summed E-state index contributed by atoms with van der Waals surface area (Å²) in [5, 5.41) is 12.0. The average Bonchev–Trinajstić information content (AvgIpc) is 2.66. The second-order valence-electron chi connectivity index (χ2n) is 7.90. The Hall–Kier alpha value is -1.58. The fraction of sp³-hybridized carbons (Fsp3) is 0.708. The number of unbranched alkanes of at least 4 members (excludes halogenated alkanes) is 13. The molecule has 0 bridgehead atoms. The van der Waals surface area contributed by atoms with Crippen LogP contribution in [-0.4, -0.2) is 17.6 Å². The van der Waals surface area contributed by atoms with Crippen molar-refractivity contribution in [2.75, 3.05) is 11.9 Å². The third-order valence-electron chi connectivity index (χ3n) is 5.25. The second kappa shape index (κ2) is 16.4. The van der Waals surface area contributed by atoms with Crippen molar-refractivity contribution in [2.24, 2.45) is 0 Å². The van der Waals surface area contributed by atoms with Gasteiger partial charge in [-0.3, -0.25) is 4.79 Å². The predicted molar refractivity (Wildman–Crippen MR) is 117 cm³/mol. The van der Waals surface area contributed by atoms with E-state index in [-0.39, 0.29) is 12.0 Å². The average molecular weight is 394 g/mol. The molecule has 0 atom stereocenters. The van der Waals surface area contributed by atoms with E-state index in [1.165, 1.54) is 89.5 Å². The van der Waals surface area contributed by atoms with Gasteiger partial charge in [-0.2, -0.15) is 0 Å². The maximum atomic E-state index is 13.8.